The highest BCUT2D eigenvalue weighted by Gasteiger charge is 2.19. The maximum Gasteiger partial charge on any atom is 0.267 e. The largest absolute Gasteiger partial charge is 0.497 e. The van der Waals surface area contributed by atoms with Gasteiger partial charge in [-0.1, -0.05) is 18.5 Å². The summed E-state index contributed by atoms with van der Waals surface area (Å²) < 4.78 is 33.3. The Labute approximate surface area is 178 Å². The van der Waals surface area contributed by atoms with Crippen LogP contribution in [-0.4, -0.2) is 27.5 Å². The molecule has 3 rings (SSSR count). The smallest absolute Gasteiger partial charge is 0.267 e. The molecular weight excluding hydrogens is 432 g/mol. The number of methoxy groups -OCH3 is 1. The van der Waals surface area contributed by atoms with Crippen LogP contribution in [0.4, 0.5) is 5.69 Å². The van der Waals surface area contributed by atoms with Crippen molar-refractivity contribution in [2.75, 3.05) is 12.4 Å². The van der Waals surface area contributed by atoms with E-state index in [1.807, 2.05) is 19.1 Å². The Morgan fingerprint density at radius 2 is 1.90 bits per heavy atom. The van der Waals surface area contributed by atoms with E-state index in [4.69, 9.17) is 16.3 Å². The fourth-order valence-electron chi connectivity index (χ4n) is 2.64. The number of hydrogen-bond acceptors (Lipinski definition) is 5. The summed E-state index contributed by atoms with van der Waals surface area (Å²) in [5.41, 5.74) is 0.476. The average molecular weight is 453 g/mol. The third-order valence-electron chi connectivity index (χ3n) is 4.43. The fourth-order valence-corrected chi connectivity index (χ4v) is 5.41. The number of thiophene rings is 1. The molecule has 154 valence electrons. The van der Waals surface area contributed by atoms with Crippen molar-refractivity contribution >= 4 is 54.6 Å². The van der Waals surface area contributed by atoms with Gasteiger partial charge in [-0.2, -0.15) is 0 Å². The molecule has 0 saturated heterocycles. The molecule has 1 atom stereocenters. The molecule has 6 nitrogen and oxygen atoms in total. The molecule has 3 aromatic rings. The maximum atomic E-state index is 12.7. The van der Waals surface area contributed by atoms with Crippen LogP contribution in [0, 0.1) is 0 Å². The average Bonchev–Trinajstić information content (AvgIpc) is 3.04. The topological polar surface area (TPSA) is 84.5 Å². The van der Waals surface area contributed by atoms with Crippen molar-refractivity contribution in [3.8, 4) is 5.75 Å². The van der Waals surface area contributed by atoms with Crippen LogP contribution in [0.3, 0.4) is 0 Å². The van der Waals surface area contributed by atoms with E-state index in [1.54, 1.807) is 32.2 Å². The molecule has 0 aliphatic carbocycles. The number of sulfonamides is 1. The van der Waals surface area contributed by atoms with Gasteiger partial charge in [-0.15, -0.1) is 11.3 Å². The monoisotopic (exact) mass is 452 g/mol. The van der Waals surface area contributed by atoms with Gasteiger partial charge < -0.3 is 10.1 Å². The number of rotatable bonds is 7. The van der Waals surface area contributed by atoms with E-state index < -0.39 is 10.0 Å². The molecule has 0 saturated carbocycles. The van der Waals surface area contributed by atoms with Crippen molar-refractivity contribution in [1.29, 1.82) is 0 Å². The van der Waals surface area contributed by atoms with Gasteiger partial charge in [-0.3, -0.25) is 4.79 Å². The van der Waals surface area contributed by atoms with Crippen molar-refractivity contribution in [2.45, 2.75) is 31.2 Å². The van der Waals surface area contributed by atoms with E-state index in [2.05, 4.69) is 10.0 Å². The second-order valence-electron chi connectivity index (χ2n) is 6.52. The first-order valence-corrected chi connectivity index (χ1v) is 11.6. The number of carbonyl (C=O) groups excluding carboxylic acids is 1. The van der Waals surface area contributed by atoms with Crippen molar-refractivity contribution in [3.63, 3.8) is 0 Å². The Bertz CT molecular complexity index is 1140. The summed E-state index contributed by atoms with van der Waals surface area (Å²) >= 11 is 7.65. The highest BCUT2D eigenvalue weighted by atomic mass is 35.5. The predicted molar refractivity (Wildman–Crippen MR) is 118 cm³/mol. The van der Waals surface area contributed by atoms with Gasteiger partial charge in [-0.05, 0) is 55.8 Å². The van der Waals surface area contributed by atoms with E-state index in [1.165, 1.54) is 23.5 Å². The maximum absolute atomic E-state index is 12.7. The van der Waals surface area contributed by atoms with Gasteiger partial charge in [0.25, 0.3) is 5.91 Å². The van der Waals surface area contributed by atoms with Gasteiger partial charge in [0.15, 0.2) is 0 Å². The molecule has 0 radical (unpaired) electrons. The fraction of sp³-hybridized carbons (Fsp3) is 0.250. The molecule has 0 aliphatic heterocycles. The Morgan fingerprint density at radius 3 is 2.52 bits per heavy atom. The molecule has 0 fully saturated rings. The molecule has 0 spiro atoms. The van der Waals surface area contributed by atoms with Gasteiger partial charge in [0.2, 0.25) is 10.0 Å². The standard InChI is InChI=1S/C20H21ClN2O4S2/c1-4-12(2)23-29(25,26)15-8-5-13(6-9-15)22-20(24)19-18(21)16-10-7-14(27-3)11-17(16)28-19/h5-12,23H,4H2,1-3H3,(H,22,24). The number of hydrogen-bond donors (Lipinski definition) is 2. The van der Waals surface area contributed by atoms with Crippen LogP contribution >= 0.6 is 22.9 Å². The van der Waals surface area contributed by atoms with Gasteiger partial charge in [0.1, 0.15) is 10.6 Å². The van der Waals surface area contributed by atoms with Crippen LogP contribution in [0.15, 0.2) is 47.4 Å². The van der Waals surface area contributed by atoms with Crippen LogP contribution in [-0.2, 0) is 10.0 Å². The van der Waals surface area contributed by atoms with Crippen LogP contribution in [0.5, 0.6) is 5.75 Å². The zero-order valence-electron chi connectivity index (χ0n) is 16.2. The highest BCUT2D eigenvalue weighted by molar-refractivity contribution is 7.89. The SMILES string of the molecule is CCC(C)NS(=O)(=O)c1ccc(NC(=O)c2sc3cc(OC)ccc3c2Cl)cc1. The second kappa shape index (κ2) is 8.71. The summed E-state index contributed by atoms with van der Waals surface area (Å²) in [6.45, 7) is 3.71. The van der Waals surface area contributed by atoms with Gasteiger partial charge in [-0.25, -0.2) is 13.1 Å². The second-order valence-corrected chi connectivity index (χ2v) is 9.66. The van der Waals surface area contributed by atoms with Gasteiger partial charge >= 0.3 is 0 Å². The number of nitrogens with one attached hydrogen (secondary N) is 2. The summed E-state index contributed by atoms with van der Waals surface area (Å²) in [4.78, 5) is 13.2. The van der Waals surface area contributed by atoms with E-state index in [0.717, 1.165) is 10.1 Å². The Kier molecular flexibility index (Phi) is 6.48. The van der Waals surface area contributed by atoms with E-state index in [-0.39, 0.29) is 16.8 Å². The number of amides is 1. The molecule has 29 heavy (non-hydrogen) atoms. The number of benzene rings is 2. The van der Waals surface area contributed by atoms with Crippen LogP contribution in [0.2, 0.25) is 5.02 Å². The lowest BCUT2D eigenvalue weighted by atomic mass is 10.2. The zero-order valence-corrected chi connectivity index (χ0v) is 18.5. The van der Waals surface area contributed by atoms with Crippen molar-refractivity contribution in [2.24, 2.45) is 0 Å². The van der Waals surface area contributed by atoms with Crippen molar-refractivity contribution in [1.82, 2.24) is 4.72 Å². The number of carbonyl (C=O) groups is 1. The summed E-state index contributed by atoms with van der Waals surface area (Å²) in [5.74, 6) is 0.327. The summed E-state index contributed by atoms with van der Waals surface area (Å²) in [7, 11) is -2.02. The molecular formula is C20H21ClN2O4S2. The number of fused-ring (bicyclic) bond motifs is 1. The molecule has 0 aliphatic rings. The Hall–Kier alpha value is -2.13. The lowest BCUT2D eigenvalue weighted by Gasteiger charge is -2.12. The van der Waals surface area contributed by atoms with Crippen molar-refractivity contribution < 1.29 is 17.9 Å². The normalized spacial score (nSPS) is 12.7. The van der Waals surface area contributed by atoms with Crippen molar-refractivity contribution in [3.05, 3.63) is 52.4 Å². The Balaban J connectivity index is 1.79. The molecule has 1 unspecified atom stereocenters. The van der Waals surface area contributed by atoms with Crippen LogP contribution < -0.4 is 14.8 Å². The van der Waals surface area contributed by atoms with Gasteiger partial charge in [0.05, 0.1) is 17.0 Å². The number of halogens is 1. The van der Waals surface area contributed by atoms with E-state index in [9.17, 15) is 13.2 Å². The third-order valence-corrected chi connectivity index (χ3v) is 7.70. The first kappa shape index (κ1) is 21.6. The summed E-state index contributed by atoms with van der Waals surface area (Å²) in [5, 5.41) is 3.91. The lowest BCUT2D eigenvalue weighted by molar-refractivity contribution is 0.103. The highest BCUT2D eigenvalue weighted by Crippen LogP contribution is 2.37. The molecule has 9 heteroatoms. The molecule has 0 bridgehead atoms. The minimum Gasteiger partial charge on any atom is -0.497 e. The zero-order chi connectivity index (χ0) is 21.2. The van der Waals surface area contributed by atoms with Crippen LogP contribution in [0.25, 0.3) is 10.1 Å². The molecule has 2 N–H and O–H groups in total. The molecule has 1 aromatic heterocycles. The van der Waals surface area contributed by atoms with E-state index >= 15 is 0 Å². The molecule has 1 heterocycles. The van der Waals surface area contributed by atoms with Crippen LogP contribution in [0.1, 0.15) is 29.9 Å². The van der Waals surface area contributed by atoms with E-state index in [0.29, 0.717) is 27.8 Å². The minimum atomic E-state index is -3.59. The molecule has 1 amide bonds. The number of ether oxygens (including phenoxy) is 1. The number of anilines is 1. The van der Waals surface area contributed by atoms with Gasteiger partial charge in [0, 0.05) is 21.8 Å². The minimum absolute atomic E-state index is 0.141. The first-order valence-electron chi connectivity index (χ1n) is 8.95. The predicted octanol–water partition coefficient (Wildman–Crippen LogP) is 4.89. The quantitative estimate of drug-likeness (QED) is 0.534. The third kappa shape index (κ3) is 4.72. The molecule has 2 aromatic carbocycles. The summed E-state index contributed by atoms with van der Waals surface area (Å²) in [6, 6.07) is 11.3. The first-order chi connectivity index (χ1) is 13.7. The Morgan fingerprint density at radius 1 is 1.21 bits per heavy atom. The lowest BCUT2D eigenvalue weighted by Crippen LogP contribution is -2.31. The summed E-state index contributed by atoms with van der Waals surface area (Å²) in [6.07, 6.45) is 0.690.